The summed E-state index contributed by atoms with van der Waals surface area (Å²) in [6.45, 7) is 1.85. The van der Waals surface area contributed by atoms with Gasteiger partial charge in [0.15, 0.2) is 0 Å². The van der Waals surface area contributed by atoms with E-state index in [0.717, 1.165) is 23.3 Å². The molecule has 1 aliphatic rings. The third kappa shape index (κ3) is 3.77. The minimum Gasteiger partial charge on any atom is -0.386 e. The minimum atomic E-state index is -0.697. The Bertz CT molecular complexity index is 656. The van der Waals surface area contributed by atoms with Gasteiger partial charge < -0.3 is 10.4 Å². The number of amides is 1. The van der Waals surface area contributed by atoms with Crippen molar-refractivity contribution >= 4 is 17.7 Å². The van der Waals surface area contributed by atoms with Gasteiger partial charge in [-0.25, -0.2) is 0 Å². The first kappa shape index (κ1) is 16.1. The fourth-order valence-electron chi connectivity index (χ4n) is 2.56. The number of hydrogen-bond donors (Lipinski definition) is 2. The summed E-state index contributed by atoms with van der Waals surface area (Å²) in [6, 6.07) is 19.1. The second-order valence-corrected chi connectivity index (χ2v) is 7.48. The largest absolute Gasteiger partial charge is 0.386 e. The lowest BCUT2D eigenvalue weighted by Gasteiger charge is -2.23. The maximum absolute atomic E-state index is 12.6. The van der Waals surface area contributed by atoms with Crippen LogP contribution in [0.3, 0.4) is 0 Å². The molecule has 1 saturated carbocycles. The van der Waals surface area contributed by atoms with Crippen molar-refractivity contribution in [1.82, 2.24) is 5.32 Å². The Kier molecular flexibility index (Phi) is 4.74. The van der Waals surface area contributed by atoms with E-state index in [1.54, 1.807) is 11.8 Å². The smallest absolute Gasteiger partial charge is 0.236 e. The third-order valence-corrected chi connectivity index (χ3v) is 5.64. The predicted molar refractivity (Wildman–Crippen MR) is 93.3 cm³/mol. The summed E-state index contributed by atoms with van der Waals surface area (Å²) >= 11 is 1.62. The highest BCUT2D eigenvalue weighted by Crippen LogP contribution is 2.52. The summed E-state index contributed by atoms with van der Waals surface area (Å²) in [6.07, 6.45) is 1.07. The van der Waals surface area contributed by atoms with E-state index in [1.807, 2.05) is 67.6 Å². The molecule has 120 valence electrons. The zero-order valence-corrected chi connectivity index (χ0v) is 13.9. The van der Waals surface area contributed by atoms with Gasteiger partial charge in [-0.2, -0.15) is 0 Å². The van der Waals surface area contributed by atoms with E-state index in [-0.39, 0.29) is 16.7 Å². The number of aliphatic hydroxyl groups is 1. The number of rotatable bonds is 6. The summed E-state index contributed by atoms with van der Waals surface area (Å²) < 4.78 is -0.369. The third-order valence-electron chi connectivity index (χ3n) is 4.15. The Balaban J connectivity index is 1.62. The molecule has 0 aromatic heterocycles. The molecule has 0 radical (unpaired) electrons. The Morgan fingerprint density at radius 2 is 1.65 bits per heavy atom. The molecule has 23 heavy (non-hydrogen) atoms. The van der Waals surface area contributed by atoms with Gasteiger partial charge in [0.2, 0.25) is 5.91 Å². The molecule has 0 saturated heterocycles. The van der Waals surface area contributed by atoms with Crippen molar-refractivity contribution in [1.29, 1.82) is 0 Å². The second kappa shape index (κ2) is 6.77. The molecule has 1 fully saturated rings. The molecule has 3 rings (SSSR count). The normalized spacial score (nSPS) is 18.0. The maximum atomic E-state index is 12.6. The molecule has 3 nitrogen and oxygen atoms in total. The van der Waals surface area contributed by atoms with Gasteiger partial charge in [0.1, 0.15) is 0 Å². The number of hydrogen-bond acceptors (Lipinski definition) is 3. The predicted octanol–water partition coefficient (Wildman–Crippen LogP) is 3.55. The fourth-order valence-corrected chi connectivity index (χ4v) is 3.76. The van der Waals surface area contributed by atoms with Crippen LogP contribution in [0.2, 0.25) is 0 Å². The summed E-state index contributed by atoms with van der Waals surface area (Å²) in [5, 5.41) is 13.4. The highest BCUT2D eigenvalue weighted by Gasteiger charge is 2.51. The number of aliphatic hydroxyl groups excluding tert-OH is 1. The molecule has 2 atom stereocenters. The Morgan fingerprint density at radius 3 is 2.22 bits per heavy atom. The van der Waals surface area contributed by atoms with Crippen LogP contribution in [0.15, 0.2) is 65.6 Å². The molecule has 2 unspecified atom stereocenters. The van der Waals surface area contributed by atoms with Crippen molar-refractivity contribution in [3.63, 3.8) is 0 Å². The zero-order chi connectivity index (χ0) is 16.3. The van der Waals surface area contributed by atoms with Gasteiger partial charge in [0.05, 0.1) is 16.9 Å². The van der Waals surface area contributed by atoms with E-state index >= 15 is 0 Å². The number of carbonyl (C=O) groups excluding carboxylic acids is 1. The number of nitrogens with one attached hydrogen (secondary N) is 1. The quantitative estimate of drug-likeness (QED) is 0.853. The first-order chi connectivity index (χ1) is 11.1. The van der Waals surface area contributed by atoms with Gasteiger partial charge in [-0.1, -0.05) is 48.5 Å². The zero-order valence-electron chi connectivity index (χ0n) is 13.1. The van der Waals surface area contributed by atoms with Crippen LogP contribution in [0.5, 0.6) is 0 Å². The number of benzene rings is 2. The van der Waals surface area contributed by atoms with Crippen LogP contribution >= 0.6 is 11.8 Å². The molecule has 2 aromatic carbocycles. The van der Waals surface area contributed by atoms with Gasteiger partial charge in [-0.3, -0.25) is 4.79 Å². The van der Waals surface area contributed by atoms with Crippen LogP contribution in [0, 0.1) is 0 Å². The highest BCUT2D eigenvalue weighted by atomic mass is 32.2. The first-order valence-corrected chi connectivity index (χ1v) is 8.70. The molecular weight excluding hydrogens is 306 g/mol. The molecule has 0 spiro atoms. The summed E-state index contributed by atoms with van der Waals surface area (Å²) in [5.74, 6) is 0.0221. The van der Waals surface area contributed by atoms with E-state index in [0.29, 0.717) is 0 Å². The Labute approximate surface area is 141 Å². The van der Waals surface area contributed by atoms with Crippen molar-refractivity contribution in [2.75, 3.05) is 0 Å². The molecule has 1 amide bonds. The first-order valence-electron chi connectivity index (χ1n) is 7.89. The van der Waals surface area contributed by atoms with Crippen LogP contribution in [0.1, 0.15) is 31.4 Å². The standard InChI is InChI=1S/C19H21NO2S/c1-14(17(21)15-8-4-2-5-9-15)20-18(22)19(12-13-19)23-16-10-6-3-7-11-16/h2-11,14,17,21H,12-13H2,1H3,(H,20,22). The molecule has 1 aliphatic carbocycles. The van der Waals surface area contributed by atoms with Gasteiger partial charge in [0, 0.05) is 4.90 Å². The van der Waals surface area contributed by atoms with Gasteiger partial charge >= 0.3 is 0 Å². The number of thioether (sulfide) groups is 1. The van der Waals surface area contributed by atoms with Crippen molar-refractivity contribution in [2.45, 2.75) is 41.6 Å². The lowest BCUT2D eigenvalue weighted by atomic mass is 10.0. The van der Waals surface area contributed by atoms with Gasteiger partial charge in [-0.15, -0.1) is 11.8 Å². The van der Waals surface area contributed by atoms with E-state index in [9.17, 15) is 9.90 Å². The van der Waals surface area contributed by atoms with Crippen molar-refractivity contribution in [3.8, 4) is 0 Å². The summed E-state index contributed by atoms with van der Waals surface area (Å²) in [4.78, 5) is 13.7. The van der Waals surface area contributed by atoms with Crippen molar-refractivity contribution in [3.05, 3.63) is 66.2 Å². The van der Waals surface area contributed by atoms with Crippen molar-refractivity contribution < 1.29 is 9.90 Å². The molecule has 2 aromatic rings. The van der Waals surface area contributed by atoms with Crippen LogP contribution in [-0.4, -0.2) is 21.8 Å². The maximum Gasteiger partial charge on any atom is 0.236 e. The van der Waals surface area contributed by atoms with Crippen LogP contribution in [-0.2, 0) is 4.79 Å². The van der Waals surface area contributed by atoms with E-state index in [2.05, 4.69) is 5.32 Å². The monoisotopic (exact) mass is 327 g/mol. The SMILES string of the molecule is CC(NC(=O)C1(Sc2ccccc2)CC1)C(O)c1ccccc1. The number of carbonyl (C=O) groups is 1. The lowest BCUT2D eigenvalue weighted by molar-refractivity contribution is -0.122. The van der Waals surface area contributed by atoms with E-state index < -0.39 is 6.10 Å². The molecule has 0 bridgehead atoms. The average molecular weight is 327 g/mol. The molecule has 4 heteroatoms. The van der Waals surface area contributed by atoms with Crippen LogP contribution in [0.25, 0.3) is 0 Å². The van der Waals surface area contributed by atoms with E-state index in [1.165, 1.54) is 0 Å². The average Bonchev–Trinajstić information content (AvgIpc) is 3.36. The molecular formula is C19H21NO2S. The van der Waals surface area contributed by atoms with Crippen molar-refractivity contribution in [2.24, 2.45) is 0 Å². The van der Waals surface area contributed by atoms with E-state index in [4.69, 9.17) is 0 Å². The molecule has 0 aliphatic heterocycles. The van der Waals surface area contributed by atoms with Gasteiger partial charge in [-0.05, 0) is 37.5 Å². The topological polar surface area (TPSA) is 49.3 Å². The molecule has 0 heterocycles. The summed E-state index contributed by atoms with van der Waals surface area (Å²) in [5.41, 5.74) is 0.820. The fraction of sp³-hybridized carbons (Fsp3) is 0.316. The second-order valence-electron chi connectivity index (χ2n) is 6.03. The highest BCUT2D eigenvalue weighted by molar-refractivity contribution is 8.01. The van der Waals surface area contributed by atoms with Crippen LogP contribution < -0.4 is 5.32 Å². The van der Waals surface area contributed by atoms with Gasteiger partial charge in [0.25, 0.3) is 0 Å². The molecule has 2 N–H and O–H groups in total. The lowest BCUT2D eigenvalue weighted by Crippen LogP contribution is -2.42. The summed E-state index contributed by atoms with van der Waals surface area (Å²) in [7, 11) is 0. The Morgan fingerprint density at radius 1 is 1.09 bits per heavy atom. The minimum absolute atomic E-state index is 0.0221. The Hall–Kier alpha value is -1.78. The van der Waals surface area contributed by atoms with Crippen LogP contribution in [0.4, 0.5) is 0 Å².